The summed E-state index contributed by atoms with van der Waals surface area (Å²) in [6, 6.07) is 4.53. The fourth-order valence-electron chi connectivity index (χ4n) is 4.12. The second-order valence-electron chi connectivity index (χ2n) is 8.38. The standard InChI is InChI=1S/C23H35NO6/c1-14(2)17-9-7-15(3)11-20(17)30-22(25)18(24-23(26)29-6)12-16-8-10-19(27-4)21(13-16)28-5/h8,10,13-15,17-18,20H,7,9,11-12H2,1-6H3,(H,24,26)/t15?,17?,18-,20?/m1/s1. The van der Waals surface area contributed by atoms with E-state index >= 15 is 0 Å². The lowest BCUT2D eigenvalue weighted by Crippen LogP contribution is -2.46. The maximum absolute atomic E-state index is 13.1. The van der Waals surface area contributed by atoms with Gasteiger partial charge >= 0.3 is 12.1 Å². The molecule has 0 saturated heterocycles. The van der Waals surface area contributed by atoms with Crippen LogP contribution in [0.1, 0.15) is 45.6 Å². The maximum Gasteiger partial charge on any atom is 0.407 e. The number of alkyl carbamates (subject to hydrolysis) is 1. The van der Waals surface area contributed by atoms with Gasteiger partial charge in [-0.25, -0.2) is 9.59 Å². The molecule has 7 nitrogen and oxygen atoms in total. The third-order valence-corrected chi connectivity index (χ3v) is 5.88. The summed E-state index contributed by atoms with van der Waals surface area (Å²) in [6.07, 6.45) is 2.47. The smallest absolute Gasteiger partial charge is 0.407 e. The van der Waals surface area contributed by atoms with Gasteiger partial charge in [0.25, 0.3) is 0 Å². The lowest BCUT2D eigenvalue weighted by molar-refractivity contribution is -0.158. The van der Waals surface area contributed by atoms with Crippen molar-refractivity contribution in [2.45, 2.75) is 58.6 Å². The van der Waals surface area contributed by atoms with E-state index in [1.54, 1.807) is 26.4 Å². The molecular formula is C23H35NO6. The molecule has 7 heteroatoms. The van der Waals surface area contributed by atoms with Crippen LogP contribution in [0.15, 0.2) is 18.2 Å². The number of esters is 1. The zero-order valence-corrected chi connectivity index (χ0v) is 18.9. The van der Waals surface area contributed by atoms with E-state index in [1.807, 2.05) is 6.07 Å². The zero-order valence-electron chi connectivity index (χ0n) is 18.9. The summed E-state index contributed by atoms with van der Waals surface area (Å²) in [7, 11) is 4.38. The number of methoxy groups -OCH3 is 3. The lowest BCUT2D eigenvalue weighted by atomic mass is 9.75. The van der Waals surface area contributed by atoms with Crippen LogP contribution >= 0.6 is 0 Å². The number of amides is 1. The molecule has 0 aromatic heterocycles. The van der Waals surface area contributed by atoms with Gasteiger partial charge in [-0.3, -0.25) is 0 Å². The van der Waals surface area contributed by atoms with Gasteiger partial charge in [0.15, 0.2) is 11.5 Å². The van der Waals surface area contributed by atoms with Crippen molar-refractivity contribution in [2.24, 2.45) is 17.8 Å². The van der Waals surface area contributed by atoms with Gasteiger partial charge in [-0.1, -0.05) is 33.3 Å². The highest BCUT2D eigenvalue weighted by molar-refractivity contribution is 5.81. The van der Waals surface area contributed by atoms with E-state index in [0.717, 1.165) is 24.8 Å². The van der Waals surface area contributed by atoms with Gasteiger partial charge in [-0.15, -0.1) is 0 Å². The number of carbonyl (C=O) groups excluding carboxylic acids is 2. The van der Waals surface area contributed by atoms with Crippen molar-refractivity contribution in [1.29, 1.82) is 0 Å². The van der Waals surface area contributed by atoms with Crippen LogP contribution in [0.4, 0.5) is 4.79 Å². The number of carbonyl (C=O) groups is 2. The number of nitrogens with one attached hydrogen (secondary N) is 1. The molecule has 1 aliphatic rings. The first-order valence-electron chi connectivity index (χ1n) is 10.5. The second kappa shape index (κ2) is 11.1. The summed E-state index contributed by atoms with van der Waals surface area (Å²) in [5.41, 5.74) is 0.809. The van der Waals surface area contributed by atoms with Crippen molar-refractivity contribution in [3.8, 4) is 11.5 Å². The number of ether oxygens (including phenoxy) is 4. The van der Waals surface area contributed by atoms with Crippen LogP contribution in [-0.4, -0.2) is 45.5 Å². The minimum absolute atomic E-state index is 0.145. The van der Waals surface area contributed by atoms with Gasteiger partial charge in [0.1, 0.15) is 12.1 Å². The molecule has 0 spiro atoms. The third kappa shape index (κ3) is 6.28. The Hall–Kier alpha value is -2.44. The van der Waals surface area contributed by atoms with Crippen molar-refractivity contribution in [3.63, 3.8) is 0 Å². The molecule has 0 radical (unpaired) electrons. The first-order chi connectivity index (χ1) is 14.3. The monoisotopic (exact) mass is 421 g/mol. The summed E-state index contributed by atoms with van der Waals surface area (Å²) in [6.45, 7) is 6.51. The summed E-state index contributed by atoms with van der Waals surface area (Å²) < 4.78 is 21.3. The van der Waals surface area contributed by atoms with Gasteiger partial charge in [-0.2, -0.15) is 0 Å². The first-order valence-corrected chi connectivity index (χ1v) is 10.5. The summed E-state index contributed by atoms with van der Waals surface area (Å²) >= 11 is 0. The van der Waals surface area contributed by atoms with Crippen LogP contribution in [0.25, 0.3) is 0 Å². The van der Waals surface area contributed by atoms with E-state index in [4.69, 9.17) is 18.9 Å². The van der Waals surface area contributed by atoms with E-state index in [9.17, 15) is 9.59 Å². The van der Waals surface area contributed by atoms with E-state index in [2.05, 4.69) is 26.1 Å². The highest BCUT2D eigenvalue weighted by atomic mass is 16.6. The highest BCUT2D eigenvalue weighted by Gasteiger charge is 2.35. The van der Waals surface area contributed by atoms with Crippen molar-refractivity contribution in [3.05, 3.63) is 23.8 Å². The van der Waals surface area contributed by atoms with Crippen molar-refractivity contribution in [2.75, 3.05) is 21.3 Å². The fourth-order valence-corrected chi connectivity index (χ4v) is 4.12. The maximum atomic E-state index is 13.1. The Balaban J connectivity index is 2.19. The van der Waals surface area contributed by atoms with Crippen LogP contribution in [0.3, 0.4) is 0 Å². The predicted molar refractivity (Wildman–Crippen MR) is 114 cm³/mol. The Morgan fingerprint density at radius 1 is 1.10 bits per heavy atom. The van der Waals surface area contributed by atoms with Crippen LogP contribution in [0, 0.1) is 17.8 Å². The van der Waals surface area contributed by atoms with Gasteiger partial charge in [0, 0.05) is 6.42 Å². The Bertz CT molecular complexity index is 720. The number of benzene rings is 1. The second-order valence-corrected chi connectivity index (χ2v) is 8.38. The first kappa shape index (κ1) is 23.8. The average molecular weight is 422 g/mol. The van der Waals surface area contributed by atoms with Crippen LogP contribution in [-0.2, 0) is 20.7 Å². The molecule has 1 aromatic carbocycles. The lowest BCUT2D eigenvalue weighted by Gasteiger charge is -2.37. The molecule has 1 amide bonds. The van der Waals surface area contributed by atoms with Crippen molar-refractivity contribution in [1.82, 2.24) is 5.32 Å². The number of hydrogen-bond donors (Lipinski definition) is 1. The zero-order chi connectivity index (χ0) is 22.3. The molecule has 1 N–H and O–H groups in total. The van der Waals surface area contributed by atoms with Gasteiger partial charge in [-0.05, 0) is 48.3 Å². The van der Waals surface area contributed by atoms with E-state index in [0.29, 0.717) is 29.3 Å². The van der Waals surface area contributed by atoms with Crippen LogP contribution in [0.2, 0.25) is 0 Å². The normalized spacial score (nSPS) is 22.2. The molecule has 168 valence electrons. The highest BCUT2D eigenvalue weighted by Crippen LogP contribution is 2.35. The third-order valence-electron chi connectivity index (χ3n) is 5.88. The van der Waals surface area contributed by atoms with E-state index < -0.39 is 18.1 Å². The van der Waals surface area contributed by atoms with Crippen LogP contribution < -0.4 is 14.8 Å². The molecular weight excluding hydrogens is 386 g/mol. The molecule has 0 aliphatic heterocycles. The SMILES string of the molecule is COC(=O)N[C@H](Cc1ccc(OC)c(OC)c1)C(=O)OC1CC(C)CCC1C(C)C. The molecule has 1 fully saturated rings. The molecule has 1 aromatic rings. The van der Waals surface area contributed by atoms with Crippen molar-refractivity contribution >= 4 is 12.1 Å². The number of rotatable bonds is 8. The van der Waals surface area contributed by atoms with Gasteiger partial charge in [0.2, 0.25) is 0 Å². The average Bonchev–Trinajstić information content (AvgIpc) is 2.72. The van der Waals surface area contributed by atoms with Crippen LogP contribution in [0.5, 0.6) is 11.5 Å². The van der Waals surface area contributed by atoms with Gasteiger partial charge < -0.3 is 24.3 Å². The molecule has 0 bridgehead atoms. The molecule has 1 saturated carbocycles. The van der Waals surface area contributed by atoms with E-state index in [1.165, 1.54) is 7.11 Å². The van der Waals surface area contributed by atoms with Gasteiger partial charge in [0.05, 0.1) is 21.3 Å². The largest absolute Gasteiger partial charge is 0.493 e. The molecule has 0 heterocycles. The number of hydrogen-bond acceptors (Lipinski definition) is 6. The quantitative estimate of drug-likeness (QED) is 0.640. The molecule has 3 unspecified atom stereocenters. The molecule has 2 rings (SSSR count). The fraction of sp³-hybridized carbons (Fsp3) is 0.652. The Kier molecular flexibility index (Phi) is 8.81. The Labute approximate surface area is 179 Å². The topological polar surface area (TPSA) is 83.1 Å². The predicted octanol–water partition coefficient (Wildman–Crippen LogP) is 3.97. The Morgan fingerprint density at radius 2 is 1.80 bits per heavy atom. The minimum Gasteiger partial charge on any atom is -0.493 e. The molecule has 4 atom stereocenters. The minimum atomic E-state index is -0.861. The summed E-state index contributed by atoms with van der Waals surface area (Å²) in [5, 5.41) is 2.62. The van der Waals surface area contributed by atoms with Crippen molar-refractivity contribution < 1.29 is 28.5 Å². The molecule has 30 heavy (non-hydrogen) atoms. The Morgan fingerprint density at radius 3 is 2.40 bits per heavy atom. The molecule has 1 aliphatic carbocycles. The van der Waals surface area contributed by atoms with E-state index in [-0.39, 0.29) is 12.5 Å². The summed E-state index contributed by atoms with van der Waals surface area (Å²) in [4.78, 5) is 24.9. The summed E-state index contributed by atoms with van der Waals surface area (Å²) in [5.74, 6) is 1.97.